The zero-order chi connectivity index (χ0) is 14.0. The molecule has 100 valence electrons. The molecule has 19 heavy (non-hydrogen) atoms. The molecule has 0 aliphatic heterocycles. The number of rotatable bonds is 4. The minimum absolute atomic E-state index is 0.168. The van der Waals surface area contributed by atoms with E-state index in [1.807, 2.05) is 26.0 Å². The molecule has 0 saturated heterocycles. The summed E-state index contributed by atoms with van der Waals surface area (Å²) in [6.07, 6.45) is 1.25. The van der Waals surface area contributed by atoms with Crippen molar-refractivity contribution in [3.8, 4) is 0 Å². The molecule has 0 unspecified atom stereocenters. The Bertz CT molecular complexity index is 596. The summed E-state index contributed by atoms with van der Waals surface area (Å²) in [5.41, 5.74) is 3.45. The predicted molar refractivity (Wildman–Crippen MR) is 76.6 cm³/mol. The highest BCUT2D eigenvalue weighted by atomic mass is 79.9. The van der Waals surface area contributed by atoms with Crippen LogP contribution in [0.3, 0.4) is 0 Å². The van der Waals surface area contributed by atoms with Gasteiger partial charge in [0.25, 0.3) is 0 Å². The average Bonchev–Trinajstić information content (AvgIpc) is 2.76. The highest BCUT2D eigenvalue weighted by molar-refractivity contribution is 9.10. The number of hydrogen-bond donors (Lipinski definition) is 2. The third-order valence-corrected chi connectivity index (χ3v) is 3.30. The lowest BCUT2D eigenvalue weighted by Gasteiger charge is -2.12. The Kier molecular flexibility index (Phi) is 3.95. The number of aromatic carboxylic acids is 1. The van der Waals surface area contributed by atoms with E-state index in [9.17, 15) is 4.79 Å². The Balaban J connectivity index is 2.12. The van der Waals surface area contributed by atoms with Crippen LogP contribution < -0.4 is 5.32 Å². The van der Waals surface area contributed by atoms with E-state index >= 15 is 0 Å². The van der Waals surface area contributed by atoms with E-state index < -0.39 is 5.97 Å². The molecule has 1 aromatic carbocycles. The average molecular weight is 324 g/mol. The zero-order valence-corrected chi connectivity index (χ0v) is 12.2. The molecule has 0 saturated carbocycles. The summed E-state index contributed by atoms with van der Waals surface area (Å²) < 4.78 is 6.24. The maximum absolute atomic E-state index is 10.7. The fourth-order valence-electron chi connectivity index (χ4n) is 1.95. The zero-order valence-electron chi connectivity index (χ0n) is 10.7. The Morgan fingerprint density at radius 3 is 2.47 bits per heavy atom. The molecule has 4 nitrogen and oxygen atoms in total. The summed E-state index contributed by atoms with van der Waals surface area (Å²) in [6.45, 7) is 4.49. The molecular formula is C14H14BrNO3. The number of benzene rings is 1. The van der Waals surface area contributed by atoms with E-state index in [-0.39, 0.29) is 5.56 Å². The minimum Gasteiger partial charge on any atom is -0.478 e. The predicted octanol–water partition coefficient (Wildman–Crippen LogP) is 3.97. The normalized spacial score (nSPS) is 10.5. The van der Waals surface area contributed by atoms with Gasteiger partial charge in [0, 0.05) is 10.2 Å². The summed E-state index contributed by atoms with van der Waals surface area (Å²) >= 11 is 3.45. The molecule has 2 aromatic rings. The van der Waals surface area contributed by atoms with Crippen molar-refractivity contribution >= 4 is 27.6 Å². The van der Waals surface area contributed by atoms with Gasteiger partial charge < -0.3 is 14.8 Å². The van der Waals surface area contributed by atoms with Crippen molar-refractivity contribution in [3.63, 3.8) is 0 Å². The van der Waals surface area contributed by atoms with Gasteiger partial charge in [0.2, 0.25) is 0 Å². The minimum atomic E-state index is -0.981. The number of carboxylic acids is 1. The third kappa shape index (κ3) is 3.17. The Labute approximate surface area is 119 Å². The van der Waals surface area contributed by atoms with Crippen LogP contribution in [0.15, 0.2) is 33.4 Å². The van der Waals surface area contributed by atoms with Crippen LogP contribution in [0.25, 0.3) is 0 Å². The number of furan rings is 1. The first-order valence-corrected chi connectivity index (χ1v) is 6.58. The first-order chi connectivity index (χ1) is 8.97. The maximum Gasteiger partial charge on any atom is 0.338 e. The molecule has 0 spiro atoms. The number of anilines is 1. The highest BCUT2D eigenvalue weighted by Crippen LogP contribution is 2.25. The van der Waals surface area contributed by atoms with Crippen LogP contribution in [0, 0.1) is 13.8 Å². The van der Waals surface area contributed by atoms with Crippen molar-refractivity contribution in [3.05, 3.63) is 51.4 Å². The number of hydrogen-bond acceptors (Lipinski definition) is 3. The van der Waals surface area contributed by atoms with Crippen molar-refractivity contribution in [1.82, 2.24) is 0 Å². The molecule has 0 aliphatic rings. The van der Waals surface area contributed by atoms with Crippen molar-refractivity contribution in [2.75, 3.05) is 5.32 Å². The Hall–Kier alpha value is -1.75. The molecule has 5 heteroatoms. The summed E-state index contributed by atoms with van der Waals surface area (Å²) in [7, 11) is 0. The first kappa shape index (κ1) is 13.7. The third-order valence-electron chi connectivity index (χ3n) is 2.84. The van der Waals surface area contributed by atoms with E-state index in [0.29, 0.717) is 12.3 Å². The summed E-state index contributed by atoms with van der Waals surface area (Å²) in [5.74, 6) is -0.384. The SMILES string of the molecule is Cc1cc(Br)cc(C)c1NCc1cc(C(=O)O)co1. The first-order valence-electron chi connectivity index (χ1n) is 5.78. The van der Waals surface area contributed by atoms with Gasteiger partial charge in [0.05, 0.1) is 12.1 Å². The summed E-state index contributed by atoms with van der Waals surface area (Å²) in [5, 5.41) is 12.1. The van der Waals surface area contributed by atoms with E-state index in [4.69, 9.17) is 9.52 Å². The standard InChI is InChI=1S/C14H14BrNO3/c1-8-3-11(15)4-9(2)13(8)16-6-12-5-10(7-19-12)14(17)18/h3-5,7,16H,6H2,1-2H3,(H,17,18). The summed E-state index contributed by atoms with van der Waals surface area (Å²) in [6, 6.07) is 5.58. The second kappa shape index (κ2) is 5.48. The van der Waals surface area contributed by atoms with Crippen LogP contribution in [0.1, 0.15) is 27.2 Å². The van der Waals surface area contributed by atoms with Crippen molar-refractivity contribution in [2.45, 2.75) is 20.4 Å². The van der Waals surface area contributed by atoms with E-state index in [1.165, 1.54) is 12.3 Å². The van der Waals surface area contributed by atoms with Gasteiger partial charge in [-0.05, 0) is 43.2 Å². The van der Waals surface area contributed by atoms with Crippen molar-refractivity contribution in [1.29, 1.82) is 0 Å². The smallest absolute Gasteiger partial charge is 0.338 e. The van der Waals surface area contributed by atoms with Gasteiger partial charge in [-0.3, -0.25) is 0 Å². The van der Waals surface area contributed by atoms with Gasteiger partial charge in [-0.25, -0.2) is 4.79 Å². The quantitative estimate of drug-likeness (QED) is 0.893. The molecule has 2 N–H and O–H groups in total. The van der Waals surface area contributed by atoms with Gasteiger partial charge in [-0.1, -0.05) is 15.9 Å². The molecule has 1 heterocycles. The lowest BCUT2D eigenvalue weighted by molar-refractivity contribution is 0.0696. The van der Waals surface area contributed by atoms with Crippen LogP contribution in [-0.4, -0.2) is 11.1 Å². The summed E-state index contributed by atoms with van der Waals surface area (Å²) in [4.78, 5) is 10.7. The molecule has 0 aliphatic carbocycles. The molecular weight excluding hydrogens is 310 g/mol. The van der Waals surface area contributed by atoms with Gasteiger partial charge in [-0.2, -0.15) is 0 Å². The second-order valence-electron chi connectivity index (χ2n) is 4.37. The molecule has 2 rings (SSSR count). The highest BCUT2D eigenvalue weighted by Gasteiger charge is 2.09. The molecule has 1 aromatic heterocycles. The van der Waals surface area contributed by atoms with E-state index in [0.717, 1.165) is 21.3 Å². The fourth-order valence-corrected chi connectivity index (χ4v) is 2.64. The monoisotopic (exact) mass is 323 g/mol. The Morgan fingerprint density at radius 2 is 1.95 bits per heavy atom. The lowest BCUT2D eigenvalue weighted by Crippen LogP contribution is -2.02. The number of carboxylic acid groups (broad SMARTS) is 1. The molecule has 0 fully saturated rings. The van der Waals surface area contributed by atoms with Crippen molar-refractivity contribution in [2.24, 2.45) is 0 Å². The lowest BCUT2D eigenvalue weighted by atomic mass is 10.1. The number of carbonyl (C=O) groups is 1. The number of nitrogens with one attached hydrogen (secondary N) is 1. The molecule has 0 amide bonds. The number of halogens is 1. The molecule has 0 bridgehead atoms. The fraction of sp³-hybridized carbons (Fsp3) is 0.214. The van der Waals surface area contributed by atoms with Gasteiger partial charge in [0.15, 0.2) is 0 Å². The second-order valence-corrected chi connectivity index (χ2v) is 5.29. The van der Waals surface area contributed by atoms with Crippen LogP contribution in [0.2, 0.25) is 0 Å². The van der Waals surface area contributed by atoms with E-state index in [1.54, 1.807) is 0 Å². The van der Waals surface area contributed by atoms with Gasteiger partial charge in [0.1, 0.15) is 12.0 Å². The van der Waals surface area contributed by atoms with Crippen LogP contribution in [-0.2, 0) is 6.54 Å². The largest absolute Gasteiger partial charge is 0.478 e. The molecule has 0 radical (unpaired) electrons. The molecule has 0 atom stereocenters. The Morgan fingerprint density at radius 1 is 1.32 bits per heavy atom. The van der Waals surface area contributed by atoms with E-state index in [2.05, 4.69) is 21.2 Å². The van der Waals surface area contributed by atoms with Crippen LogP contribution in [0.5, 0.6) is 0 Å². The van der Waals surface area contributed by atoms with Crippen molar-refractivity contribution < 1.29 is 14.3 Å². The maximum atomic E-state index is 10.7. The van der Waals surface area contributed by atoms with Crippen LogP contribution in [0.4, 0.5) is 5.69 Å². The van der Waals surface area contributed by atoms with Crippen LogP contribution >= 0.6 is 15.9 Å². The van der Waals surface area contributed by atoms with Gasteiger partial charge >= 0.3 is 5.97 Å². The van der Waals surface area contributed by atoms with Gasteiger partial charge in [-0.15, -0.1) is 0 Å². The topological polar surface area (TPSA) is 62.5 Å². The number of aryl methyl sites for hydroxylation is 2.